The fraction of sp³-hybridized carbons (Fsp3) is 0.481. The minimum Gasteiger partial charge on any atom is -0.486 e. The summed E-state index contributed by atoms with van der Waals surface area (Å²) >= 11 is 0. The van der Waals surface area contributed by atoms with Gasteiger partial charge in [-0.1, -0.05) is 30.3 Å². The molecule has 1 heterocycles. The number of hydrogen-bond donors (Lipinski definition) is 0. The van der Waals surface area contributed by atoms with Crippen LogP contribution in [0.25, 0.3) is 0 Å². The molecule has 1 amide bonds. The molecule has 2 aromatic carbocycles. The summed E-state index contributed by atoms with van der Waals surface area (Å²) in [4.78, 5) is 26.8. The van der Waals surface area contributed by atoms with Gasteiger partial charge in [-0.3, -0.25) is 4.79 Å². The normalized spacial score (nSPS) is 19.4. The number of halogens is 3. The van der Waals surface area contributed by atoms with Crippen LogP contribution in [0.1, 0.15) is 57.3 Å². The van der Waals surface area contributed by atoms with Crippen LogP contribution in [-0.2, 0) is 20.4 Å². The molecular formula is C27H32F3NO5. The van der Waals surface area contributed by atoms with Gasteiger partial charge in [0.05, 0.1) is 18.6 Å². The Hall–Kier alpha value is -3.23. The number of methoxy groups -OCH3 is 1. The first-order valence-corrected chi connectivity index (χ1v) is 11.8. The van der Waals surface area contributed by atoms with Crippen molar-refractivity contribution in [2.45, 2.75) is 64.0 Å². The van der Waals surface area contributed by atoms with E-state index in [9.17, 15) is 22.8 Å². The lowest BCUT2D eigenvalue weighted by atomic mass is 9.89. The summed E-state index contributed by atoms with van der Waals surface area (Å²) in [6.45, 7) is 5.44. The van der Waals surface area contributed by atoms with Gasteiger partial charge in [-0.25, -0.2) is 4.79 Å². The molecule has 1 aliphatic heterocycles. The maximum atomic E-state index is 13.1. The number of nitrogens with zero attached hydrogens (tertiary/aromatic N) is 1. The molecule has 1 fully saturated rings. The highest BCUT2D eigenvalue weighted by Gasteiger charge is 2.39. The van der Waals surface area contributed by atoms with E-state index in [1.54, 1.807) is 25.7 Å². The second kappa shape index (κ2) is 11.2. The largest absolute Gasteiger partial charge is 0.486 e. The molecule has 0 saturated carbocycles. The quantitative estimate of drug-likeness (QED) is 0.423. The summed E-state index contributed by atoms with van der Waals surface area (Å²) in [5.74, 6) is -0.573. The van der Waals surface area contributed by atoms with E-state index in [1.807, 2.05) is 30.3 Å². The van der Waals surface area contributed by atoms with Gasteiger partial charge in [-0.2, -0.15) is 13.2 Å². The monoisotopic (exact) mass is 507 g/mol. The van der Waals surface area contributed by atoms with E-state index in [1.165, 1.54) is 19.2 Å². The molecule has 0 spiro atoms. The van der Waals surface area contributed by atoms with Crippen LogP contribution in [0.4, 0.5) is 18.0 Å². The van der Waals surface area contributed by atoms with Gasteiger partial charge in [-0.15, -0.1) is 0 Å². The second-order valence-corrected chi connectivity index (χ2v) is 9.86. The summed E-state index contributed by atoms with van der Waals surface area (Å²) in [6, 6.07) is 13.5. The lowest BCUT2D eigenvalue weighted by molar-refractivity contribution is -0.147. The third kappa shape index (κ3) is 7.38. The number of likely N-dealkylation sites (tertiary alicyclic amines) is 1. The van der Waals surface area contributed by atoms with Crippen molar-refractivity contribution < 1.29 is 37.0 Å². The first-order valence-electron chi connectivity index (χ1n) is 11.8. The summed E-state index contributed by atoms with van der Waals surface area (Å²) in [5, 5.41) is 0. The van der Waals surface area contributed by atoms with Crippen LogP contribution in [0, 0.1) is 5.92 Å². The van der Waals surface area contributed by atoms with E-state index in [-0.39, 0.29) is 24.3 Å². The summed E-state index contributed by atoms with van der Waals surface area (Å²) in [6.07, 6.45) is -4.13. The molecule has 0 aliphatic carbocycles. The highest BCUT2D eigenvalue weighted by atomic mass is 19.4. The van der Waals surface area contributed by atoms with Crippen LogP contribution < -0.4 is 4.74 Å². The number of benzene rings is 2. The SMILES string of the molecule is COC(=O)C1CCC(CC(Oc2ccc(C(F)(F)F)cc2)c2ccccc2)N(C(=O)OC(C)(C)C)C1. The fourth-order valence-corrected chi connectivity index (χ4v) is 4.23. The smallest absolute Gasteiger partial charge is 0.416 e. The summed E-state index contributed by atoms with van der Waals surface area (Å²) in [5.41, 5.74) is -0.671. The standard InChI is InChI=1S/C27H32F3NO5/c1-26(2,3)36-25(33)31-17-19(24(32)34-4)10-13-21(31)16-23(18-8-6-5-7-9-18)35-22-14-11-20(12-15-22)27(28,29)30/h5-9,11-12,14-15,19,21,23H,10,13,16-17H2,1-4H3. The van der Waals surface area contributed by atoms with E-state index in [2.05, 4.69) is 0 Å². The van der Waals surface area contributed by atoms with Crippen molar-refractivity contribution in [1.29, 1.82) is 0 Å². The molecular weight excluding hydrogens is 475 g/mol. The third-order valence-corrected chi connectivity index (χ3v) is 5.99. The van der Waals surface area contributed by atoms with Gasteiger partial charge in [0.1, 0.15) is 17.5 Å². The molecule has 9 heteroatoms. The number of carbonyl (C=O) groups is 2. The van der Waals surface area contributed by atoms with Crippen LogP contribution in [0.5, 0.6) is 5.75 Å². The van der Waals surface area contributed by atoms with Crippen molar-refractivity contribution in [2.75, 3.05) is 13.7 Å². The van der Waals surface area contributed by atoms with Crippen molar-refractivity contribution in [3.8, 4) is 5.75 Å². The average molecular weight is 508 g/mol. The first-order chi connectivity index (χ1) is 16.9. The molecule has 0 aromatic heterocycles. The molecule has 1 aliphatic rings. The molecule has 36 heavy (non-hydrogen) atoms. The molecule has 3 atom stereocenters. The number of ether oxygens (including phenoxy) is 3. The lowest BCUT2D eigenvalue weighted by Crippen LogP contribution is -2.51. The zero-order valence-electron chi connectivity index (χ0n) is 20.9. The van der Waals surface area contributed by atoms with Gasteiger partial charge in [-0.05, 0) is 63.4 Å². The van der Waals surface area contributed by atoms with Crippen LogP contribution in [-0.4, -0.2) is 42.3 Å². The minimum atomic E-state index is -4.44. The molecule has 1 saturated heterocycles. The van der Waals surface area contributed by atoms with Crippen molar-refractivity contribution >= 4 is 12.1 Å². The molecule has 6 nitrogen and oxygen atoms in total. The third-order valence-electron chi connectivity index (χ3n) is 5.99. The van der Waals surface area contributed by atoms with Gasteiger partial charge < -0.3 is 19.1 Å². The maximum Gasteiger partial charge on any atom is 0.416 e. The molecule has 3 rings (SSSR count). The van der Waals surface area contributed by atoms with Crippen molar-refractivity contribution in [2.24, 2.45) is 5.92 Å². The highest BCUT2D eigenvalue weighted by Crippen LogP contribution is 2.35. The predicted octanol–water partition coefficient (Wildman–Crippen LogP) is 6.40. The Morgan fingerprint density at radius 3 is 2.19 bits per heavy atom. The Kier molecular flexibility index (Phi) is 8.53. The van der Waals surface area contributed by atoms with Crippen molar-refractivity contribution in [3.05, 3.63) is 65.7 Å². The van der Waals surface area contributed by atoms with E-state index in [4.69, 9.17) is 14.2 Å². The topological polar surface area (TPSA) is 65.1 Å². The van der Waals surface area contributed by atoms with E-state index < -0.39 is 35.5 Å². The molecule has 2 aromatic rings. The van der Waals surface area contributed by atoms with Gasteiger partial charge in [0, 0.05) is 19.0 Å². The van der Waals surface area contributed by atoms with Crippen molar-refractivity contribution in [1.82, 2.24) is 4.90 Å². The zero-order chi connectivity index (χ0) is 26.5. The summed E-state index contributed by atoms with van der Waals surface area (Å²) < 4.78 is 55.6. The summed E-state index contributed by atoms with van der Waals surface area (Å²) in [7, 11) is 1.32. The Morgan fingerprint density at radius 1 is 1.00 bits per heavy atom. The van der Waals surface area contributed by atoms with Crippen molar-refractivity contribution in [3.63, 3.8) is 0 Å². The second-order valence-electron chi connectivity index (χ2n) is 9.86. The Bertz CT molecular complexity index is 1020. The molecule has 0 radical (unpaired) electrons. The number of piperidine rings is 1. The number of rotatable bonds is 6. The molecule has 0 N–H and O–H groups in total. The fourth-order valence-electron chi connectivity index (χ4n) is 4.23. The number of alkyl halides is 3. The van der Waals surface area contributed by atoms with E-state index in [0.717, 1.165) is 17.7 Å². The average Bonchev–Trinajstić information content (AvgIpc) is 2.82. The Balaban J connectivity index is 1.86. The van der Waals surface area contributed by atoms with Crippen LogP contribution in [0.15, 0.2) is 54.6 Å². The predicted molar refractivity (Wildman–Crippen MR) is 127 cm³/mol. The first kappa shape index (κ1) is 27.4. The maximum absolute atomic E-state index is 13.1. The lowest BCUT2D eigenvalue weighted by Gasteiger charge is -2.40. The van der Waals surface area contributed by atoms with Gasteiger partial charge in [0.2, 0.25) is 0 Å². The number of carbonyl (C=O) groups excluding carboxylic acids is 2. The van der Waals surface area contributed by atoms with Crippen LogP contribution >= 0.6 is 0 Å². The number of hydrogen-bond acceptors (Lipinski definition) is 5. The minimum absolute atomic E-state index is 0.147. The Morgan fingerprint density at radius 2 is 1.64 bits per heavy atom. The number of esters is 1. The molecule has 3 unspecified atom stereocenters. The van der Waals surface area contributed by atoms with E-state index >= 15 is 0 Å². The molecule has 0 bridgehead atoms. The van der Waals surface area contributed by atoms with Crippen LogP contribution in [0.3, 0.4) is 0 Å². The highest BCUT2D eigenvalue weighted by molar-refractivity contribution is 5.75. The van der Waals surface area contributed by atoms with Gasteiger partial charge in [0.25, 0.3) is 0 Å². The van der Waals surface area contributed by atoms with Crippen LogP contribution in [0.2, 0.25) is 0 Å². The Labute approximate surface area is 209 Å². The molecule has 196 valence electrons. The van der Waals surface area contributed by atoms with Gasteiger partial charge >= 0.3 is 18.2 Å². The zero-order valence-corrected chi connectivity index (χ0v) is 20.9. The van der Waals surface area contributed by atoms with Gasteiger partial charge in [0.15, 0.2) is 0 Å². The van der Waals surface area contributed by atoms with E-state index in [0.29, 0.717) is 19.3 Å². The number of amides is 1.